The Morgan fingerprint density at radius 3 is 2.00 bits per heavy atom. The van der Waals surface area contributed by atoms with Gasteiger partial charge in [0.1, 0.15) is 6.17 Å². The molecule has 1 saturated carbocycles. The number of hydrogen-bond acceptors (Lipinski definition) is 2. The van der Waals surface area contributed by atoms with Gasteiger partial charge in [0, 0.05) is 5.82 Å². The molecule has 2 nitrogen and oxygen atoms in total. The van der Waals surface area contributed by atoms with Crippen molar-refractivity contribution >= 4 is 7.12 Å². The van der Waals surface area contributed by atoms with Crippen molar-refractivity contribution in [2.75, 3.05) is 0 Å². The minimum atomic E-state index is -1.44. The highest BCUT2D eigenvalue weighted by Crippen LogP contribution is 2.40. The van der Waals surface area contributed by atoms with Crippen molar-refractivity contribution < 1.29 is 14.4 Å². The lowest BCUT2D eigenvalue weighted by atomic mass is 9.84. The molecule has 1 fully saturated rings. The third kappa shape index (κ3) is 0.922. The molecule has 0 bridgehead atoms. The molecule has 0 spiro atoms. The van der Waals surface area contributed by atoms with Gasteiger partial charge in [-0.15, -0.1) is 0 Å². The molecule has 1 aliphatic rings. The summed E-state index contributed by atoms with van der Waals surface area (Å²) in [6.07, 6.45) is -0.641. The van der Waals surface area contributed by atoms with E-state index in [1.54, 1.807) is 0 Å². The Morgan fingerprint density at radius 2 is 2.00 bits per heavy atom. The van der Waals surface area contributed by atoms with Crippen LogP contribution in [0.5, 0.6) is 0 Å². The third-order valence-corrected chi connectivity index (χ3v) is 1.14. The summed E-state index contributed by atoms with van der Waals surface area (Å²) in [5.41, 5.74) is 0. The fourth-order valence-electron chi connectivity index (χ4n) is 0.490. The molecule has 0 amide bonds. The van der Waals surface area contributed by atoms with Gasteiger partial charge in [-0.05, 0) is 6.42 Å². The monoisotopic (exact) mass is 104 g/mol. The van der Waals surface area contributed by atoms with Crippen LogP contribution in [-0.4, -0.2) is 23.3 Å². The second kappa shape index (κ2) is 1.45. The molecule has 0 aromatic carbocycles. The van der Waals surface area contributed by atoms with Crippen LogP contribution < -0.4 is 0 Å². The number of rotatable bonds is 1. The zero-order chi connectivity index (χ0) is 5.44. The summed E-state index contributed by atoms with van der Waals surface area (Å²) < 4.78 is 11.7. The largest absolute Gasteiger partial charge is 0.457 e. The van der Waals surface area contributed by atoms with Crippen LogP contribution in [0.3, 0.4) is 0 Å². The third-order valence-electron chi connectivity index (χ3n) is 1.14. The summed E-state index contributed by atoms with van der Waals surface area (Å²) in [5.74, 6) is -0.486. The molecule has 0 aliphatic heterocycles. The van der Waals surface area contributed by atoms with E-state index >= 15 is 0 Å². The van der Waals surface area contributed by atoms with Gasteiger partial charge in [-0.1, -0.05) is 0 Å². The summed E-state index contributed by atoms with van der Waals surface area (Å²) in [7, 11) is -1.44. The van der Waals surface area contributed by atoms with Crippen LogP contribution in [0.25, 0.3) is 0 Å². The quantitative estimate of drug-likeness (QED) is 0.443. The summed E-state index contributed by atoms with van der Waals surface area (Å²) in [6, 6.07) is 0. The lowest BCUT2D eigenvalue weighted by molar-refractivity contribution is 0.388. The minimum Gasteiger partial charge on any atom is -0.427 e. The average molecular weight is 104 g/mol. The van der Waals surface area contributed by atoms with E-state index < -0.39 is 19.1 Å². The molecule has 0 aromatic heterocycles. The van der Waals surface area contributed by atoms with Crippen molar-refractivity contribution in [3.8, 4) is 0 Å². The fourth-order valence-corrected chi connectivity index (χ4v) is 0.490. The van der Waals surface area contributed by atoms with Gasteiger partial charge in [0.25, 0.3) is 0 Å². The van der Waals surface area contributed by atoms with Gasteiger partial charge in [0.2, 0.25) is 0 Å². The van der Waals surface area contributed by atoms with Crippen LogP contribution in [0.4, 0.5) is 4.39 Å². The first kappa shape index (κ1) is 5.06. The van der Waals surface area contributed by atoms with Crippen LogP contribution in [0.15, 0.2) is 0 Å². The van der Waals surface area contributed by atoms with Gasteiger partial charge in [-0.25, -0.2) is 4.39 Å². The van der Waals surface area contributed by atoms with E-state index in [1.807, 2.05) is 0 Å². The van der Waals surface area contributed by atoms with Gasteiger partial charge in [0.15, 0.2) is 0 Å². The smallest absolute Gasteiger partial charge is 0.427 e. The standard InChI is InChI=1S/C3H6BFO2/c5-3-1-2(3)4(6)7/h2-3,6-7H,1H2/t2-,3-/m1/s1. The fraction of sp³-hybridized carbons (Fsp3) is 1.00. The summed E-state index contributed by atoms with van der Waals surface area (Å²) in [5, 5.41) is 16.4. The molecule has 0 unspecified atom stereocenters. The van der Waals surface area contributed by atoms with E-state index in [2.05, 4.69) is 0 Å². The maximum Gasteiger partial charge on any atom is 0.457 e. The van der Waals surface area contributed by atoms with Gasteiger partial charge >= 0.3 is 7.12 Å². The minimum absolute atomic E-state index is 0.317. The second-order valence-corrected chi connectivity index (χ2v) is 1.83. The highest BCUT2D eigenvalue weighted by Gasteiger charge is 2.46. The predicted molar refractivity (Wildman–Crippen MR) is 23.5 cm³/mol. The maximum absolute atomic E-state index is 11.7. The van der Waals surface area contributed by atoms with E-state index in [-0.39, 0.29) is 0 Å². The molecule has 7 heavy (non-hydrogen) atoms. The first-order valence-electron chi connectivity index (χ1n) is 2.22. The van der Waals surface area contributed by atoms with E-state index in [4.69, 9.17) is 10.0 Å². The molecule has 0 heterocycles. The molecule has 40 valence electrons. The van der Waals surface area contributed by atoms with Crippen molar-refractivity contribution in [1.82, 2.24) is 0 Å². The molecular formula is C3H6BFO2. The molecule has 0 saturated heterocycles. The normalized spacial score (nSPS) is 38.1. The Labute approximate surface area is 41.1 Å². The van der Waals surface area contributed by atoms with E-state index in [1.165, 1.54) is 0 Å². The van der Waals surface area contributed by atoms with E-state index in [0.29, 0.717) is 6.42 Å². The predicted octanol–water partition coefficient (Wildman–Crippen LogP) is -0.429. The van der Waals surface area contributed by atoms with Gasteiger partial charge < -0.3 is 10.0 Å². The molecule has 0 aromatic rings. The molecule has 2 N–H and O–H groups in total. The molecule has 4 heteroatoms. The van der Waals surface area contributed by atoms with E-state index in [0.717, 1.165) is 0 Å². The maximum atomic E-state index is 11.7. The number of alkyl halides is 1. The van der Waals surface area contributed by atoms with Crippen LogP contribution in [0.1, 0.15) is 6.42 Å². The first-order chi connectivity index (χ1) is 3.22. The Bertz CT molecular complexity index is 77.3. The number of halogens is 1. The van der Waals surface area contributed by atoms with Gasteiger partial charge in [-0.3, -0.25) is 0 Å². The summed E-state index contributed by atoms with van der Waals surface area (Å²) in [4.78, 5) is 0. The van der Waals surface area contributed by atoms with Gasteiger partial charge in [0.05, 0.1) is 0 Å². The van der Waals surface area contributed by atoms with Crippen molar-refractivity contribution in [3.05, 3.63) is 0 Å². The SMILES string of the molecule is OB(O)[C@@H]1C[C@H]1F. The molecule has 1 aliphatic carbocycles. The van der Waals surface area contributed by atoms with Crippen LogP contribution >= 0.6 is 0 Å². The second-order valence-electron chi connectivity index (χ2n) is 1.83. The lowest BCUT2D eigenvalue weighted by Gasteiger charge is -1.86. The van der Waals surface area contributed by atoms with Crippen LogP contribution in [0, 0.1) is 0 Å². The van der Waals surface area contributed by atoms with Crippen molar-refractivity contribution in [3.63, 3.8) is 0 Å². The Hall–Kier alpha value is -0.0851. The molecule has 1 rings (SSSR count). The summed E-state index contributed by atoms with van der Waals surface area (Å²) >= 11 is 0. The zero-order valence-electron chi connectivity index (χ0n) is 3.71. The average Bonchev–Trinajstić information content (AvgIpc) is 2.17. The van der Waals surface area contributed by atoms with Crippen molar-refractivity contribution in [1.29, 1.82) is 0 Å². The van der Waals surface area contributed by atoms with Crippen molar-refractivity contribution in [2.45, 2.75) is 18.4 Å². The van der Waals surface area contributed by atoms with Crippen LogP contribution in [0.2, 0.25) is 5.82 Å². The lowest BCUT2D eigenvalue weighted by Crippen LogP contribution is -2.11. The van der Waals surface area contributed by atoms with Crippen LogP contribution in [-0.2, 0) is 0 Å². The Balaban J connectivity index is 2.20. The molecule has 0 radical (unpaired) electrons. The molecular weight excluding hydrogens is 97.8 g/mol. The van der Waals surface area contributed by atoms with Gasteiger partial charge in [-0.2, -0.15) is 0 Å². The topological polar surface area (TPSA) is 40.5 Å². The Morgan fingerprint density at radius 1 is 1.57 bits per heavy atom. The van der Waals surface area contributed by atoms with Crippen molar-refractivity contribution in [2.24, 2.45) is 0 Å². The summed E-state index contributed by atoms with van der Waals surface area (Å²) in [6.45, 7) is 0. The Kier molecular flexibility index (Phi) is 1.05. The highest BCUT2D eigenvalue weighted by atomic mass is 19.1. The van der Waals surface area contributed by atoms with E-state index in [9.17, 15) is 4.39 Å². The highest BCUT2D eigenvalue weighted by molar-refractivity contribution is 6.44. The molecule has 2 atom stereocenters. The first-order valence-corrected chi connectivity index (χ1v) is 2.22. The zero-order valence-corrected chi connectivity index (χ0v) is 3.71. The number of hydrogen-bond donors (Lipinski definition) is 2.